The summed E-state index contributed by atoms with van der Waals surface area (Å²) in [5.74, 6) is 0. The third-order valence-electron chi connectivity index (χ3n) is 4.72. The molecule has 0 radical (unpaired) electrons. The Hall–Kier alpha value is -2.01. The van der Waals surface area contributed by atoms with Crippen LogP contribution in [-0.4, -0.2) is 46.8 Å². The molecule has 1 saturated heterocycles. The van der Waals surface area contributed by atoms with E-state index in [1.807, 2.05) is 13.2 Å². The maximum Gasteiger partial charge on any atom is 0.240 e. The van der Waals surface area contributed by atoms with Crippen molar-refractivity contribution in [2.75, 3.05) is 12.9 Å². The van der Waals surface area contributed by atoms with Gasteiger partial charge in [-0.3, -0.25) is 4.57 Å². The highest BCUT2D eigenvalue weighted by atomic mass is 32.2. The van der Waals surface area contributed by atoms with E-state index < -0.39 is 22.3 Å². The summed E-state index contributed by atoms with van der Waals surface area (Å²) >= 11 is 1.49. The third-order valence-corrected chi connectivity index (χ3v) is 6.91. The number of hydrogen-bond acceptors (Lipinski definition) is 7. The van der Waals surface area contributed by atoms with Gasteiger partial charge < -0.3 is 4.74 Å². The quantitative estimate of drug-likeness (QED) is 0.501. The van der Waals surface area contributed by atoms with Gasteiger partial charge in [0, 0.05) is 6.61 Å². The van der Waals surface area contributed by atoms with Crippen molar-refractivity contribution in [1.82, 2.24) is 24.2 Å². The topological polar surface area (TPSA) is 99.0 Å². The number of rotatable bonds is 5. The molecule has 3 aromatic rings. The lowest BCUT2D eigenvalue weighted by Crippen LogP contribution is -2.44. The highest BCUT2D eigenvalue weighted by Gasteiger charge is 2.33. The van der Waals surface area contributed by atoms with Crippen LogP contribution in [0, 0.1) is 6.92 Å². The zero-order chi connectivity index (χ0) is 19.7. The lowest BCUT2D eigenvalue weighted by atomic mass is 10.1. The number of sulfonamides is 1. The van der Waals surface area contributed by atoms with Crippen LogP contribution < -0.4 is 4.72 Å². The van der Waals surface area contributed by atoms with Gasteiger partial charge in [0.1, 0.15) is 16.9 Å². The van der Waals surface area contributed by atoms with Gasteiger partial charge >= 0.3 is 0 Å². The number of nitrogens with zero attached hydrogens (tertiary/aromatic N) is 4. The van der Waals surface area contributed by atoms with Crippen molar-refractivity contribution in [2.45, 2.75) is 42.0 Å². The van der Waals surface area contributed by atoms with Crippen LogP contribution in [0.25, 0.3) is 11.2 Å². The Labute approximate surface area is 167 Å². The van der Waals surface area contributed by atoms with Crippen LogP contribution in [0.3, 0.4) is 0 Å². The van der Waals surface area contributed by atoms with Crippen molar-refractivity contribution in [1.29, 1.82) is 0 Å². The van der Waals surface area contributed by atoms with Crippen molar-refractivity contribution < 1.29 is 13.2 Å². The van der Waals surface area contributed by atoms with E-state index in [9.17, 15) is 8.42 Å². The van der Waals surface area contributed by atoms with E-state index in [0.717, 1.165) is 17.0 Å². The van der Waals surface area contributed by atoms with Crippen molar-refractivity contribution in [2.24, 2.45) is 0 Å². The molecule has 0 aliphatic carbocycles. The van der Waals surface area contributed by atoms with Crippen molar-refractivity contribution in [3.63, 3.8) is 0 Å². The first-order chi connectivity index (χ1) is 13.5. The SMILES string of the molecule is CSc1ncnc2c1ncn2[C@@H]1OCCC[C@H]1NS(=O)(=O)c1ccc(C)cc1. The minimum atomic E-state index is -3.67. The first kappa shape index (κ1) is 19.3. The van der Waals surface area contributed by atoms with Gasteiger partial charge in [-0.2, -0.15) is 0 Å². The molecule has 0 bridgehead atoms. The second kappa shape index (κ2) is 7.78. The predicted molar refractivity (Wildman–Crippen MR) is 107 cm³/mol. The van der Waals surface area contributed by atoms with Crippen molar-refractivity contribution in [3.05, 3.63) is 42.5 Å². The molecule has 1 fully saturated rings. The molecule has 4 rings (SSSR count). The molecule has 1 aliphatic heterocycles. The van der Waals surface area contributed by atoms with Crippen LogP contribution in [0.4, 0.5) is 0 Å². The molecular weight excluding hydrogens is 398 g/mol. The third kappa shape index (κ3) is 3.64. The number of benzene rings is 1. The molecule has 2 aromatic heterocycles. The molecule has 2 atom stereocenters. The molecule has 10 heteroatoms. The molecule has 8 nitrogen and oxygen atoms in total. The number of ether oxygens (including phenoxy) is 1. The molecule has 0 spiro atoms. The highest BCUT2D eigenvalue weighted by molar-refractivity contribution is 7.98. The van der Waals surface area contributed by atoms with E-state index >= 15 is 0 Å². The maximum atomic E-state index is 12.9. The average Bonchev–Trinajstić information content (AvgIpc) is 3.12. The molecular formula is C18H21N5O3S2. The number of aromatic nitrogens is 4. The van der Waals surface area contributed by atoms with Gasteiger partial charge in [0.2, 0.25) is 10.0 Å². The van der Waals surface area contributed by atoms with E-state index in [1.165, 1.54) is 18.1 Å². The Morgan fingerprint density at radius 2 is 2.00 bits per heavy atom. The summed E-state index contributed by atoms with van der Waals surface area (Å²) in [6.07, 6.45) is 5.97. The lowest BCUT2D eigenvalue weighted by molar-refractivity contribution is -0.0482. The highest BCUT2D eigenvalue weighted by Crippen LogP contribution is 2.29. The average molecular weight is 420 g/mol. The number of fused-ring (bicyclic) bond motifs is 1. The maximum absolute atomic E-state index is 12.9. The van der Waals surface area contributed by atoms with Crippen molar-refractivity contribution in [3.8, 4) is 0 Å². The standard InChI is InChI=1S/C18H21N5O3S2/c1-12-5-7-13(8-6-12)28(24,25)22-14-4-3-9-26-18(14)23-11-21-15-16(23)19-10-20-17(15)27-2/h5-8,10-11,14,18,22H,3-4,9H2,1-2H3/t14-,18-/m1/s1. The minimum absolute atomic E-state index is 0.241. The monoisotopic (exact) mass is 419 g/mol. The number of imidazole rings is 1. The Morgan fingerprint density at radius 3 is 2.75 bits per heavy atom. The number of aryl methyl sites for hydroxylation is 1. The molecule has 28 heavy (non-hydrogen) atoms. The van der Waals surface area contributed by atoms with Crippen LogP contribution in [0.5, 0.6) is 0 Å². The zero-order valence-corrected chi connectivity index (χ0v) is 17.2. The molecule has 0 amide bonds. The van der Waals surface area contributed by atoms with Gasteiger partial charge in [-0.1, -0.05) is 17.7 Å². The lowest BCUT2D eigenvalue weighted by Gasteiger charge is -2.32. The second-order valence-corrected chi connectivity index (χ2v) is 9.16. The smallest absolute Gasteiger partial charge is 0.240 e. The van der Waals surface area contributed by atoms with E-state index in [0.29, 0.717) is 24.2 Å². The first-order valence-electron chi connectivity index (χ1n) is 8.92. The summed E-state index contributed by atoms with van der Waals surface area (Å²) in [4.78, 5) is 13.2. The summed E-state index contributed by atoms with van der Waals surface area (Å²) in [5.41, 5.74) is 2.32. The fourth-order valence-electron chi connectivity index (χ4n) is 3.31. The second-order valence-electron chi connectivity index (χ2n) is 6.65. The predicted octanol–water partition coefficient (Wildman–Crippen LogP) is 2.51. The van der Waals surface area contributed by atoms with Crippen LogP contribution in [0.15, 0.2) is 46.8 Å². The van der Waals surface area contributed by atoms with Crippen LogP contribution in [-0.2, 0) is 14.8 Å². The van der Waals surface area contributed by atoms with Crippen LogP contribution in [0.2, 0.25) is 0 Å². The van der Waals surface area contributed by atoms with E-state index in [1.54, 1.807) is 35.2 Å². The van der Waals surface area contributed by atoms with Gasteiger partial charge in [-0.15, -0.1) is 11.8 Å². The van der Waals surface area contributed by atoms with Gasteiger partial charge in [-0.05, 0) is 38.2 Å². The number of thioether (sulfide) groups is 1. The zero-order valence-electron chi connectivity index (χ0n) is 15.6. The molecule has 1 aromatic carbocycles. The van der Waals surface area contributed by atoms with Crippen molar-refractivity contribution >= 4 is 32.9 Å². The molecule has 0 unspecified atom stereocenters. The summed E-state index contributed by atoms with van der Waals surface area (Å²) in [5, 5.41) is 0.774. The van der Waals surface area contributed by atoms with Gasteiger partial charge in [0.25, 0.3) is 0 Å². The molecule has 3 heterocycles. The Balaban J connectivity index is 1.66. The van der Waals surface area contributed by atoms with Crippen LogP contribution >= 0.6 is 11.8 Å². The van der Waals surface area contributed by atoms with E-state index in [4.69, 9.17) is 4.74 Å². The van der Waals surface area contributed by atoms with E-state index in [-0.39, 0.29) is 4.90 Å². The molecule has 1 N–H and O–H groups in total. The molecule has 1 aliphatic rings. The number of hydrogen-bond donors (Lipinski definition) is 1. The largest absolute Gasteiger partial charge is 0.356 e. The molecule has 148 valence electrons. The van der Waals surface area contributed by atoms with Crippen LogP contribution in [0.1, 0.15) is 24.6 Å². The van der Waals surface area contributed by atoms with Gasteiger partial charge in [0.15, 0.2) is 11.9 Å². The normalized spacial score (nSPS) is 20.5. The first-order valence-corrected chi connectivity index (χ1v) is 11.6. The van der Waals surface area contributed by atoms with Gasteiger partial charge in [-0.25, -0.2) is 28.1 Å². The van der Waals surface area contributed by atoms with E-state index in [2.05, 4.69) is 19.7 Å². The minimum Gasteiger partial charge on any atom is -0.356 e. The Bertz CT molecular complexity index is 1080. The summed E-state index contributed by atoms with van der Waals surface area (Å²) in [6, 6.07) is 6.37. The summed E-state index contributed by atoms with van der Waals surface area (Å²) < 4.78 is 36.3. The van der Waals surface area contributed by atoms with Gasteiger partial charge in [0.05, 0.1) is 17.3 Å². The number of nitrogens with one attached hydrogen (secondary N) is 1. The fraction of sp³-hybridized carbons (Fsp3) is 0.389. The Kier molecular flexibility index (Phi) is 5.37. The molecule has 0 saturated carbocycles. The fourth-order valence-corrected chi connectivity index (χ4v) is 5.06. The summed E-state index contributed by atoms with van der Waals surface area (Å²) in [6.45, 7) is 2.47. The Morgan fingerprint density at radius 1 is 1.21 bits per heavy atom. The summed E-state index contributed by atoms with van der Waals surface area (Å²) in [7, 11) is -3.67.